The van der Waals surface area contributed by atoms with Gasteiger partial charge in [0.05, 0.1) is 11.1 Å². The van der Waals surface area contributed by atoms with E-state index in [-0.39, 0.29) is 23.6 Å². The first kappa shape index (κ1) is 17.9. The summed E-state index contributed by atoms with van der Waals surface area (Å²) in [5.74, 6) is -0.153. The van der Waals surface area contributed by atoms with Crippen molar-refractivity contribution in [1.82, 2.24) is 5.43 Å². The summed E-state index contributed by atoms with van der Waals surface area (Å²) < 4.78 is 5.43. The second-order valence-electron chi connectivity index (χ2n) is 5.59. The third-order valence-electron chi connectivity index (χ3n) is 3.71. The second kappa shape index (κ2) is 7.96. The Balaban J connectivity index is 1.57. The molecule has 0 aliphatic heterocycles. The number of hydrogen-bond donors (Lipinski definition) is 2. The van der Waals surface area contributed by atoms with Crippen LogP contribution in [0.5, 0.6) is 11.5 Å². The summed E-state index contributed by atoms with van der Waals surface area (Å²) in [7, 11) is 0. The van der Waals surface area contributed by atoms with Gasteiger partial charge in [0, 0.05) is 17.7 Å². The molecule has 0 bridgehead atoms. The van der Waals surface area contributed by atoms with Crippen molar-refractivity contribution in [2.45, 2.75) is 0 Å². The van der Waals surface area contributed by atoms with Crippen molar-refractivity contribution >= 4 is 28.6 Å². The van der Waals surface area contributed by atoms with Crippen molar-refractivity contribution in [2.75, 3.05) is 6.61 Å². The lowest BCUT2D eigenvalue weighted by molar-refractivity contribution is -0.384. The number of phenolic OH excluding ortho intramolecular Hbond substituents is 1. The lowest BCUT2D eigenvalue weighted by Crippen LogP contribution is -2.24. The number of carbonyl (C=O) groups is 1. The van der Waals surface area contributed by atoms with Crippen LogP contribution in [0.2, 0.25) is 0 Å². The number of phenols is 1. The zero-order valence-electron chi connectivity index (χ0n) is 14.0. The molecule has 8 heteroatoms. The predicted molar refractivity (Wildman–Crippen MR) is 99.9 cm³/mol. The number of hydrazone groups is 1. The van der Waals surface area contributed by atoms with E-state index in [0.717, 1.165) is 23.1 Å². The van der Waals surface area contributed by atoms with Crippen molar-refractivity contribution < 1.29 is 19.6 Å². The van der Waals surface area contributed by atoms with Crippen LogP contribution in [0.25, 0.3) is 10.8 Å². The highest BCUT2D eigenvalue weighted by Crippen LogP contribution is 2.21. The molecule has 0 aromatic heterocycles. The summed E-state index contributed by atoms with van der Waals surface area (Å²) in [4.78, 5) is 22.0. The molecule has 27 heavy (non-hydrogen) atoms. The zero-order chi connectivity index (χ0) is 19.2. The van der Waals surface area contributed by atoms with Crippen LogP contribution in [-0.2, 0) is 4.79 Å². The Labute approximate surface area is 153 Å². The van der Waals surface area contributed by atoms with Crippen LogP contribution >= 0.6 is 0 Å². The maximum absolute atomic E-state index is 11.8. The van der Waals surface area contributed by atoms with Gasteiger partial charge in [0.1, 0.15) is 11.5 Å². The number of nitrogens with zero attached hydrogens (tertiary/aromatic N) is 2. The average molecular weight is 365 g/mol. The first-order valence-electron chi connectivity index (χ1n) is 7.94. The van der Waals surface area contributed by atoms with E-state index in [1.807, 2.05) is 36.4 Å². The first-order chi connectivity index (χ1) is 13.0. The van der Waals surface area contributed by atoms with Crippen LogP contribution in [0.15, 0.2) is 65.8 Å². The fourth-order valence-corrected chi connectivity index (χ4v) is 2.37. The third kappa shape index (κ3) is 4.57. The summed E-state index contributed by atoms with van der Waals surface area (Å²) >= 11 is 0. The number of carbonyl (C=O) groups excluding carboxylic acids is 1. The molecule has 0 radical (unpaired) electrons. The summed E-state index contributed by atoms with van der Waals surface area (Å²) in [5, 5.41) is 26.1. The number of nitro benzene ring substituents is 1. The zero-order valence-corrected chi connectivity index (χ0v) is 14.0. The highest BCUT2D eigenvalue weighted by molar-refractivity contribution is 5.86. The van der Waals surface area contributed by atoms with Gasteiger partial charge in [-0.3, -0.25) is 14.9 Å². The number of nitro groups is 1. The van der Waals surface area contributed by atoms with Gasteiger partial charge in [0.15, 0.2) is 6.61 Å². The number of amides is 1. The molecular formula is C19H15N3O5. The van der Waals surface area contributed by atoms with Gasteiger partial charge in [-0.2, -0.15) is 5.10 Å². The smallest absolute Gasteiger partial charge is 0.277 e. The Morgan fingerprint density at radius 2 is 1.93 bits per heavy atom. The van der Waals surface area contributed by atoms with E-state index in [9.17, 15) is 20.0 Å². The Hall–Kier alpha value is -3.94. The van der Waals surface area contributed by atoms with Crippen molar-refractivity contribution in [3.05, 3.63) is 76.3 Å². The maximum Gasteiger partial charge on any atom is 0.277 e. The molecule has 0 fully saturated rings. The molecule has 2 N–H and O–H groups in total. The number of rotatable bonds is 6. The van der Waals surface area contributed by atoms with Crippen LogP contribution in [0.1, 0.15) is 5.56 Å². The summed E-state index contributed by atoms with van der Waals surface area (Å²) in [6, 6.07) is 16.8. The van der Waals surface area contributed by atoms with Crippen LogP contribution in [0.3, 0.4) is 0 Å². The highest BCUT2D eigenvalue weighted by atomic mass is 16.6. The minimum absolute atomic E-state index is 0.111. The molecule has 0 saturated carbocycles. The minimum Gasteiger partial charge on any atom is -0.507 e. The predicted octanol–water partition coefficient (Wildman–Crippen LogP) is 2.98. The number of fused-ring (bicyclic) bond motifs is 1. The van der Waals surface area contributed by atoms with Crippen molar-refractivity contribution in [3.8, 4) is 11.5 Å². The van der Waals surface area contributed by atoms with Gasteiger partial charge in [-0.15, -0.1) is 0 Å². The number of hydrogen-bond acceptors (Lipinski definition) is 6. The highest BCUT2D eigenvalue weighted by Gasteiger charge is 2.09. The summed E-state index contributed by atoms with van der Waals surface area (Å²) in [6.07, 6.45) is 1.12. The van der Waals surface area contributed by atoms with E-state index < -0.39 is 10.8 Å². The van der Waals surface area contributed by atoms with Gasteiger partial charge >= 0.3 is 0 Å². The molecule has 136 valence electrons. The van der Waals surface area contributed by atoms with E-state index in [0.29, 0.717) is 5.75 Å². The van der Waals surface area contributed by atoms with Crippen molar-refractivity contribution in [3.63, 3.8) is 0 Å². The van der Waals surface area contributed by atoms with Crippen molar-refractivity contribution in [1.29, 1.82) is 0 Å². The number of nitrogens with one attached hydrogen (secondary N) is 1. The van der Waals surface area contributed by atoms with Crippen LogP contribution in [0, 0.1) is 10.1 Å². The molecule has 3 aromatic rings. The molecule has 0 saturated heterocycles. The Bertz CT molecular complexity index is 1030. The molecule has 1 amide bonds. The number of aromatic hydroxyl groups is 1. The van der Waals surface area contributed by atoms with Gasteiger partial charge in [-0.25, -0.2) is 5.43 Å². The number of benzene rings is 3. The molecule has 0 atom stereocenters. The van der Waals surface area contributed by atoms with E-state index in [2.05, 4.69) is 10.5 Å². The Kier molecular flexibility index (Phi) is 5.27. The lowest BCUT2D eigenvalue weighted by atomic mass is 10.1. The molecule has 0 heterocycles. The molecule has 0 aliphatic rings. The van der Waals surface area contributed by atoms with Gasteiger partial charge < -0.3 is 9.84 Å². The van der Waals surface area contributed by atoms with Gasteiger partial charge in [0.25, 0.3) is 11.6 Å². The second-order valence-corrected chi connectivity index (χ2v) is 5.59. The van der Waals surface area contributed by atoms with E-state index >= 15 is 0 Å². The molecule has 8 nitrogen and oxygen atoms in total. The molecule has 0 aliphatic carbocycles. The van der Waals surface area contributed by atoms with Crippen LogP contribution < -0.4 is 10.2 Å². The van der Waals surface area contributed by atoms with Crippen LogP contribution in [-0.4, -0.2) is 28.8 Å². The van der Waals surface area contributed by atoms with Gasteiger partial charge in [0.2, 0.25) is 0 Å². The standard InChI is InChI=1S/C19H15N3O5/c23-18-8-6-16(22(25)26)9-15(18)11-20-21-19(24)12-27-17-7-5-13-3-1-2-4-14(13)10-17/h1-11,23H,12H2,(H,21,24)/b20-11+. The molecule has 3 aromatic carbocycles. The summed E-state index contributed by atoms with van der Waals surface area (Å²) in [5.41, 5.74) is 2.16. The monoisotopic (exact) mass is 365 g/mol. The quantitative estimate of drug-likeness (QED) is 0.396. The molecular weight excluding hydrogens is 350 g/mol. The number of ether oxygens (including phenoxy) is 1. The lowest BCUT2D eigenvalue weighted by Gasteiger charge is -2.06. The number of non-ortho nitro benzene ring substituents is 1. The van der Waals surface area contributed by atoms with Crippen LogP contribution in [0.4, 0.5) is 5.69 Å². The van der Waals surface area contributed by atoms with Crippen molar-refractivity contribution in [2.24, 2.45) is 5.10 Å². The van der Waals surface area contributed by atoms with Gasteiger partial charge in [-0.05, 0) is 29.0 Å². The third-order valence-corrected chi connectivity index (χ3v) is 3.71. The normalized spacial score (nSPS) is 10.8. The Morgan fingerprint density at radius 1 is 1.15 bits per heavy atom. The molecule has 0 unspecified atom stereocenters. The maximum atomic E-state index is 11.8. The topological polar surface area (TPSA) is 114 Å². The first-order valence-corrected chi connectivity index (χ1v) is 7.94. The van der Waals surface area contributed by atoms with E-state index in [4.69, 9.17) is 4.74 Å². The average Bonchev–Trinajstić information content (AvgIpc) is 2.67. The fourth-order valence-electron chi connectivity index (χ4n) is 2.37. The minimum atomic E-state index is -0.591. The van der Waals surface area contributed by atoms with Gasteiger partial charge in [-0.1, -0.05) is 30.3 Å². The van der Waals surface area contributed by atoms with E-state index in [1.165, 1.54) is 12.1 Å². The molecule has 3 rings (SSSR count). The van der Waals surface area contributed by atoms with E-state index in [1.54, 1.807) is 6.07 Å². The largest absolute Gasteiger partial charge is 0.507 e. The molecule has 0 spiro atoms. The fraction of sp³-hybridized carbons (Fsp3) is 0.0526. The Morgan fingerprint density at radius 3 is 2.70 bits per heavy atom. The summed E-state index contributed by atoms with van der Waals surface area (Å²) in [6.45, 7) is -0.253. The SMILES string of the molecule is O=C(COc1ccc2ccccc2c1)N/N=C/c1cc([N+](=O)[O-])ccc1O.